The summed E-state index contributed by atoms with van der Waals surface area (Å²) in [7, 11) is -16.5. The van der Waals surface area contributed by atoms with Crippen LogP contribution in [0.2, 0.25) is 0 Å². The van der Waals surface area contributed by atoms with Gasteiger partial charge in [0.2, 0.25) is 0 Å². The molecule has 0 amide bonds. The standard InChI is InChI=1S/C42H59N2O18P3/c1-4-6-8-9-10-11-12-13-14-15-27-54-42(48)60-36-23-19-34(20-24-36)30-57-65(53,56-29-33-17-21-35(22-18-33)59-39(45)16-7-5-2)62-64(51,52)61-63(49,50)55-31-37-25-26-38(58-37)44-28-32(3)40(46)43-41(44)47/h17-26,28,37-38H,4-16,27,29-31H2,1-3H3,(H,49,50)(H,51,52)(H,43,46,47)/t37-,38+,65?/m0/s1. The van der Waals surface area contributed by atoms with Gasteiger partial charge in [0, 0.05) is 18.2 Å². The number of phosphoric acid groups is 3. The van der Waals surface area contributed by atoms with Gasteiger partial charge in [-0.1, -0.05) is 108 Å². The number of hydrogen-bond acceptors (Lipinski definition) is 16. The zero-order valence-electron chi connectivity index (χ0n) is 36.7. The average molecular weight is 973 g/mol. The van der Waals surface area contributed by atoms with E-state index < -0.39 is 79.0 Å². The van der Waals surface area contributed by atoms with Crippen molar-refractivity contribution in [2.24, 2.45) is 0 Å². The first kappa shape index (κ1) is 53.6. The third-order valence-electron chi connectivity index (χ3n) is 9.55. The number of hydrogen-bond donors (Lipinski definition) is 3. The topological polar surface area (TPSA) is 264 Å². The van der Waals surface area contributed by atoms with Crippen LogP contribution < -0.4 is 20.7 Å². The maximum Gasteiger partial charge on any atom is 0.513 e. The average Bonchev–Trinajstić information content (AvgIpc) is 3.73. The van der Waals surface area contributed by atoms with Crippen LogP contribution >= 0.6 is 23.5 Å². The van der Waals surface area contributed by atoms with E-state index in [1.165, 1.54) is 112 Å². The van der Waals surface area contributed by atoms with Crippen molar-refractivity contribution in [2.75, 3.05) is 13.2 Å². The van der Waals surface area contributed by atoms with Crippen LogP contribution in [-0.2, 0) is 63.4 Å². The Morgan fingerprint density at radius 1 is 0.708 bits per heavy atom. The van der Waals surface area contributed by atoms with Gasteiger partial charge in [0.05, 0.1) is 26.4 Å². The number of rotatable bonds is 30. The molecule has 3 unspecified atom stereocenters. The summed E-state index contributed by atoms with van der Waals surface area (Å²) >= 11 is 0. The van der Waals surface area contributed by atoms with Gasteiger partial charge in [-0.2, -0.15) is 8.62 Å². The molecule has 23 heteroatoms. The van der Waals surface area contributed by atoms with Crippen LogP contribution in [-0.4, -0.2) is 50.8 Å². The Balaban J connectivity index is 1.32. The molecule has 2 heterocycles. The molecule has 0 saturated carbocycles. The smallest absolute Gasteiger partial charge is 0.434 e. The summed E-state index contributed by atoms with van der Waals surface area (Å²) in [4.78, 5) is 71.3. The summed E-state index contributed by atoms with van der Waals surface area (Å²) in [6, 6.07) is 11.4. The fraction of sp³-hybridized carbons (Fsp3) is 0.524. The minimum atomic E-state index is -5.82. The lowest BCUT2D eigenvalue weighted by Crippen LogP contribution is -2.33. The highest BCUT2D eigenvalue weighted by molar-refractivity contribution is 7.67. The molecule has 65 heavy (non-hydrogen) atoms. The number of benzene rings is 2. The molecule has 3 N–H and O–H groups in total. The zero-order valence-corrected chi connectivity index (χ0v) is 39.4. The molecule has 3 aromatic rings. The number of carbonyl (C=O) groups is 2. The molecular formula is C42H59N2O18P3. The molecule has 1 aromatic heterocycles. The van der Waals surface area contributed by atoms with Crippen molar-refractivity contribution in [1.82, 2.24) is 9.55 Å². The molecule has 0 radical (unpaired) electrons. The molecule has 4 rings (SSSR count). The van der Waals surface area contributed by atoms with Gasteiger partial charge < -0.3 is 28.7 Å². The predicted octanol–water partition coefficient (Wildman–Crippen LogP) is 9.62. The molecule has 0 spiro atoms. The Bertz CT molecular complexity index is 2260. The molecule has 0 aliphatic carbocycles. The fourth-order valence-corrected chi connectivity index (χ4v) is 10.1. The van der Waals surface area contributed by atoms with E-state index in [1.54, 1.807) is 0 Å². The second-order valence-corrected chi connectivity index (χ2v) is 19.9. The van der Waals surface area contributed by atoms with Crippen molar-refractivity contribution in [3.63, 3.8) is 0 Å². The number of aromatic nitrogens is 2. The number of unbranched alkanes of at least 4 members (excludes halogenated alkanes) is 10. The minimum Gasteiger partial charge on any atom is -0.434 e. The van der Waals surface area contributed by atoms with Crippen LogP contribution in [0.3, 0.4) is 0 Å². The van der Waals surface area contributed by atoms with Crippen LogP contribution in [0, 0.1) is 6.92 Å². The third kappa shape index (κ3) is 20.2. The van der Waals surface area contributed by atoms with Gasteiger partial charge in [-0.25, -0.2) is 23.3 Å². The second kappa shape index (κ2) is 26.9. The lowest BCUT2D eigenvalue weighted by molar-refractivity contribution is -0.134. The van der Waals surface area contributed by atoms with E-state index in [4.69, 9.17) is 36.8 Å². The van der Waals surface area contributed by atoms with Gasteiger partial charge in [-0.3, -0.25) is 32.7 Å². The van der Waals surface area contributed by atoms with E-state index in [-0.39, 0.29) is 30.1 Å². The molecule has 0 fully saturated rings. The summed E-state index contributed by atoms with van der Waals surface area (Å²) in [6.07, 6.45) is 14.1. The molecule has 1 aliphatic heterocycles. The number of esters is 1. The van der Waals surface area contributed by atoms with Gasteiger partial charge in [0.15, 0.2) is 6.23 Å². The number of nitrogens with zero attached hydrogens (tertiary/aromatic N) is 1. The summed E-state index contributed by atoms with van der Waals surface area (Å²) in [5, 5.41) is 0. The number of ether oxygens (including phenoxy) is 4. The van der Waals surface area contributed by atoms with Crippen molar-refractivity contribution in [3.8, 4) is 11.5 Å². The van der Waals surface area contributed by atoms with E-state index in [1.807, 2.05) is 6.92 Å². The molecule has 0 saturated heterocycles. The number of nitrogens with one attached hydrogen (secondary N) is 1. The Hall–Kier alpha value is -4.03. The Labute approximate surface area is 377 Å². The van der Waals surface area contributed by atoms with Crippen molar-refractivity contribution >= 4 is 35.6 Å². The predicted molar refractivity (Wildman–Crippen MR) is 236 cm³/mol. The number of aryl methyl sites for hydroxylation is 1. The van der Waals surface area contributed by atoms with Gasteiger partial charge in [-0.05, 0) is 61.2 Å². The minimum absolute atomic E-state index is 0.124. The lowest BCUT2D eigenvalue weighted by atomic mass is 10.1. The number of aromatic amines is 1. The van der Waals surface area contributed by atoms with E-state index in [9.17, 15) is 42.7 Å². The molecule has 360 valence electrons. The maximum absolute atomic E-state index is 13.9. The first-order valence-corrected chi connectivity index (χ1v) is 25.9. The first-order valence-electron chi connectivity index (χ1n) is 21.5. The highest BCUT2D eigenvalue weighted by atomic mass is 31.3. The Morgan fingerprint density at radius 2 is 1.26 bits per heavy atom. The Morgan fingerprint density at radius 3 is 1.85 bits per heavy atom. The van der Waals surface area contributed by atoms with Gasteiger partial charge in [0.1, 0.15) is 17.6 Å². The number of phosphoric ester groups is 2. The zero-order chi connectivity index (χ0) is 47.3. The van der Waals surface area contributed by atoms with Crippen LogP contribution in [0.25, 0.3) is 0 Å². The largest absolute Gasteiger partial charge is 0.513 e. The van der Waals surface area contributed by atoms with Crippen LogP contribution in [0.4, 0.5) is 4.79 Å². The third-order valence-corrected chi connectivity index (χ3v) is 14.2. The van der Waals surface area contributed by atoms with E-state index in [2.05, 4.69) is 16.2 Å². The van der Waals surface area contributed by atoms with Crippen LogP contribution in [0.15, 0.2) is 76.5 Å². The van der Waals surface area contributed by atoms with Gasteiger partial charge >= 0.3 is 41.3 Å². The molecular weight excluding hydrogens is 913 g/mol. The molecule has 0 bridgehead atoms. The van der Waals surface area contributed by atoms with Gasteiger partial charge in [0.25, 0.3) is 5.56 Å². The highest BCUT2D eigenvalue weighted by Gasteiger charge is 2.44. The van der Waals surface area contributed by atoms with E-state index >= 15 is 0 Å². The summed E-state index contributed by atoms with van der Waals surface area (Å²) in [6.45, 7) is 3.93. The quantitative estimate of drug-likeness (QED) is 0.0140. The van der Waals surface area contributed by atoms with Crippen molar-refractivity contribution < 1.29 is 74.2 Å². The van der Waals surface area contributed by atoms with E-state index in [0.29, 0.717) is 24.0 Å². The van der Waals surface area contributed by atoms with Crippen molar-refractivity contribution in [1.29, 1.82) is 0 Å². The highest BCUT2D eigenvalue weighted by Crippen LogP contribution is 2.69. The second-order valence-electron chi connectivity index (χ2n) is 15.1. The monoisotopic (exact) mass is 972 g/mol. The Kier molecular flexibility index (Phi) is 22.2. The fourth-order valence-electron chi connectivity index (χ4n) is 6.05. The molecule has 1 aliphatic rings. The SMILES string of the molecule is CCCCCCCCCCCCOC(=O)Oc1ccc(COP(=O)(OCc2ccc(OC(=O)CCCC)cc2)OP(=O)(O)OP(=O)(O)OC[C@@H]2C=C[C@H](n3cc(C)c(=O)[nH]c3=O)O2)cc1. The summed E-state index contributed by atoms with van der Waals surface area (Å²) in [5.74, 6) is -0.0839. The molecule has 2 aromatic carbocycles. The van der Waals surface area contributed by atoms with E-state index in [0.717, 1.165) is 30.3 Å². The lowest BCUT2D eigenvalue weighted by Gasteiger charge is -2.22. The molecule has 5 atom stereocenters. The first-order chi connectivity index (χ1) is 31.0. The maximum atomic E-state index is 13.9. The number of H-pyrrole nitrogens is 1. The van der Waals surface area contributed by atoms with Crippen LogP contribution in [0.5, 0.6) is 11.5 Å². The van der Waals surface area contributed by atoms with Gasteiger partial charge in [-0.15, -0.1) is 0 Å². The van der Waals surface area contributed by atoms with Crippen molar-refractivity contribution in [2.45, 2.75) is 130 Å². The van der Waals surface area contributed by atoms with Crippen molar-refractivity contribution in [3.05, 3.63) is 104 Å². The summed E-state index contributed by atoms with van der Waals surface area (Å²) < 4.78 is 87.0. The molecule has 20 nitrogen and oxygen atoms in total. The summed E-state index contributed by atoms with van der Waals surface area (Å²) in [5.41, 5.74) is -0.539. The normalized spacial score (nSPS) is 17.5. The number of carbonyl (C=O) groups excluding carboxylic acids is 2. The van der Waals surface area contributed by atoms with Crippen LogP contribution in [0.1, 0.15) is 120 Å².